The fraction of sp³-hybridized carbons (Fsp3) is 0.571. The summed E-state index contributed by atoms with van der Waals surface area (Å²) in [6.07, 6.45) is 3.35. The number of hydrogen-bond acceptors (Lipinski definition) is 0. The van der Waals surface area contributed by atoms with Crippen LogP contribution in [-0.2, 0) is 6.42 Å². The molecule has 0 fully saturated rings. The molecule has 0 amide bonds. The second-order valence-corrected chi connectivity index (χ2v) is 4.84. The van der Waals surface area contributed by atoms with Gasteiger partial charge in [0.05, 0.1) is 0 Å². The van der Waals surface area contributed by atoms with Crippen LogP contribution in [0, 0.1) is 12.8 Å². The van der Waals surface area contributed by atoms with Crippen molar-refractivity contribution in [2.24, 2.45) is 5.92 Å². The van der Waals surface area contributed by atoms with E-state index in [0.29, 0.717) is 5.92 Å². The maximum atomic E-state index is 6.42. The number of benzene rings is 1. The van der Waals surface area contributed by atoms with Crippen molar-refractivity contribution in [1.29, 1.82) is 0 Å². The van der Waals surface area contributed by atoms with Crippen LogP contribution in [0.15, 0.2) is 24.3 Å². The minimum absolute atomic E-state index is 0.280. The SMILES string of the molecule is CCC(CC)C(Cl)Cc1ccc(C)cc1. The Balaban J connectivity index is 2.57. The van der Waals surface area contributed by atoms with Gasteiger partial charge in [-0.25, -0.2) is 0 Å². The number of alkyl halides is 1. The smallest absolute Gasteiger partial charge is 0.0404 e. The summed E-state index contributed by atoms with van der Waals surface area (Å²) in [7, 11) is 0. The topological polar surface area (TPSA) is 0 Å². The van der Waals surface area contributed by atoms with Gasteiger partial charge in [-0.3, -0.25) is 0 Å². The van der Waals surface area contributed by atoms with Gasteiger partial charge in [-0.05, 0) is 24.8 Å². The fourth-order valence-electron chi connectivity index (χ4n) is 1.92. The molecule has 0 aliphatic heterocycles. The van der Waals surface area contributed by atoms with Crippen LogP contribution in [0.5, 0.6) is 0 Å². The summed E-state index contributed by atoms with van der Waals surface area (Å²) in [5, 5.41) is 0.280. The molecule has 0 saturated carbocycles. The average Bonchev–Trinajstić information content (AvgIpc) is 2.23. The second kappa shape index (κ2) is 6.17. The molecule has 0 aromatic heterocycles. The van der Waals surface area contributed by atoms with E-state index in [1.807, 2.05) is 0 Å². The van der Waals surface area contributed by atoms with Gasteiger partial charge in [-0.1, -0.05) is 56.5 Å². The van der Waals surface area contributed by atoms with Crippen molar-refractivity contribution in [2.45, 2.75) is 45.4 Å². The molecular formula is C14H21Cl. The first-order valence-electron chi connectivity index (χ1n) is 5.87. The van der Waals surface area contributed by atoms with Gasteiger partial charge in [0.15, 0.2) is 0 Å². The van der Waals surface area contributed by atoms with Gasteiger partial charge in [0.2, 0.25) is 0 Å². The van der Waals surface area contributed by atoms with Crippen LogP contribution in [0.3, 0.4) is 0 Å². The molecule has 1 atom stereocenters. The van der Waals surface area contributed by atoms with Crippen LogP contribution in [-0.4, -0.2) is 5.38 Å². The number of aryl methyl sites for hydroxylation is 1. The maximum Gasteiger partial charge on any atom is 0.0404 e. The molecule has 0 radical (unpaired) electrons. The molecule has 0 spiro atoms. The van der Waals surface area contributed by atoms with Crippen LogP contribution in [0.2, 0.25) is 0 Å². The van der Waals surface area contributed by atoms with E-state index in [9.17, 15) is 0 Å². The minimum atomic E-state index is 0.280. The van der Waals surface area contributed by atoms with Crippen molar-refractivity contribution in [3.63, 3.8) is 0 Å². The zero-order chi connectivity index (χ0) is 11.3. The second-order valence-electron chi connectivity index (χ2n) is 4.28. The maximum absolute atomic E-state index is 6.42. The number of halogens is 1. The summed E-state index contributed by atoms with van der Waals surface area (Å²) in [4.78, 5) is 0. The van der Waals surface area contributed by atoms with Crippen molar-refractivity contribution >= 4 is 11.6 Å². The third-order valence-corrected chi connectivity index (χ3v) is 3.62. The Labute approximate surface area is 98.7 Å². The molecule has 0 nitrogen and oxygen atoms in total. The molecule has 0 bridgehead atoms. The molecule has 1 unspecified atom stereocenters. The lowest BCUT2D eigenvalue weighted by Crippen LogP contribution is -2.16. The molecule has 0 saturated heterocycles. The molecule has 0 aliphatic carbocycles. The Kier molecular flexibility index (Phi) is 5.17. The van der Waals surface area contributed by atoms with Gasteiger partial charge in [0.1, 0.15) is 0 Å². The number of hydrogen-bond donors (Lipinski definition) is 0. The monoisotopic (exact) mass is 224 g/mol. The van der Waals surface area contributed by atoms with E-state index < -0.39 is 0 Å². The van der Waals surface area contributed by atoms with E-state index in [2.05, 4.69) is 45.0 Å². The molecule has 1 heteroatoms. The normalized spacial score (nSPS) is 13.1. The highest BCUT2D eigenvalue weighted by atomic mass is 35.5. The first kappa shape index (κ1) is 12.6. The first-order valence-corrected chi connectivity index (χ1v) is 6.30. The third-order valence-electron chi connectivity index (χ3n) is 3.11. The van der Waals surface area contributed by atoms with Crippen molar-refractivity contribution < 1.29 is 0 Å². The van der Waals surface area contributed by atoms with Gasteiger partial charge in [0.25, 0.3) is 0 Å². The van der Waals surface area contributed by atoms with Crippen molar-refractivity contribution in [2.75, 3.05) is 0 Å². The number of rotatable bonds is 5. The van der Waals surface area contributed by atoms with E-state index in [1.54, 1.807) is 0 Å². The molecule has 15 heavy (non-hydrogen) atoms. The van der Waals surface area contributed by atoms with Crippen molar-refractivity contribution in [3.8, 4) is 0 Å². The summed E-state index contributed by atoms with van der Waals surface area (Å²) in [6.45, 7) is 6.56. The van der Waals surface area contributed by atoms with Gasteiger partial charge in [0, 0.05) is 5.38 Å². The Morgan fingerprint density at radius 2 is 1.60 bits per heavy atom. The van der Waals surface area contributed by atoms with Gasteiger partial charge in [-0.15, -0.1) is 11.6 Å². The summed E-state index contributed by atoms with van der Waals surface area (Å²) in [5.74, 6) is 0.646. The van der Waals surface area contributed by atoms with E-state index >= 15 is 0 Å². The fourth-order valence-corrected chi connectivity index (χ4v) is 2.45. The highest BCUT2D eigenvalue weighted by molar-refractivity contribution is 6.20. The predicted molar refractivity (Wildman–Crippen MR) is 68.6 cm³/mol. The zero-order valence-corrected chi connectivity index (χ0v) is 10.7. The first-order chi connectivity index (χ1) is 7.17. The lowest BCUT2D eigenvalue weighted by Gasteiger charge is -2.19. The largest absolute Gasteiger partial charge is 0.122 e. The van der Waals surface area contributed by atoms with Crippen LogP contribution in [0.1, 0.15) is 37.8 Å². The van der Waals surface area contributed by atoms with E-state index in [0.717, 1.165) is 6.42 Å². The molecule has 84 valence electrons. The standard InChI is InChI=1S/C14H21Cl/c1-4-13(5-2)14(15)10-12-8-6-11(3)7-9-12/h6-9,13-14H,4-5,10H2,1-3H3. The lowest BCUT2D eigenvalue weighted by molar-refractivity contribution is 0.464. The molecule has 1 aromatic carbocycles. The molecule has 1 rings (SSSR count). The summed E-state index contributed by atoms with van der Waals surface area (Å²) in [6, 6.07) is 8.69. The highest BCUT2D eigenvalue weighted by Crippen LogP contribution is 2.22. The Hall–Kier alpha value is -0.490. The van der Waals surface area contributed by atoms with E-state index in [4.69, 9.17) is 11.6 Å². The summed E-state index contributed by atoms with van der Waals surface area (Å²) >= 11 is 6.42. The van der Waals surface area contributed by atoms with Gasteiger partial charge < -0.3 is 0 Å². The van der Waals surface area contributed by atoms with E-state index in [1.165, 1.54) is 24.0 Å². The van der Waals surface area contributed by atoms with Crippen molar-refractivity contribution in [1.82, 2.24) is 0 Å². The molecule has 0 aliphatic rings. The zero-order valence-electron chi connectivity index (χ0n) is 9.96. The highest BCUT2D eigenvalue weighted by Gasteiger charge is 2.15. The van der Waals surface area contributed by atoms with Crippen LogP contribution in [0.25, 0.3) is 0 Å². The Morgan fingerprint density at radius 3 is 2.07 bits per heavy atom. The van der Waals surface area contributed by atoms with E-state index in [-0.39, 0.29) is 5.38 Å². The van der Waals surface area contributed by atoms with Crippen LogP contribution < -0.4 is 0 Å². The Bertz CT molecular complexity index is 272. The Morgan fingerprint density at radius 1 is 1.07 bits per heavy atom. The summed E-state index contributed by atoms with van der Waals surface area (Å²) < 4.78 is 0. The molecular weight excluding hydrogens is 204 g/mol. The quantitative estimate of drug-likeness (QED) is 0.643. The predicted octanol–water partition coefficient (Wildman–Crippen LogP) is 4.58. The lowest BCUT2D eigenvalue weighted by atomic mass is 9.94. The van der Waals surface area contributed by atoms with Crippen LogP contribution >= 0.6 is 11.6 Å². The van der Waals surface area contributed by atoms with Gasteiger partial charge >= 0.3 is 0 Å². The molecule has 1 aromatic rings. The third kappa shape index (κ3) is 3.87. The van der Waals surface area contributed by atoms with Crippen molar-refractivity contribution in [3.05, 3.63) is 35.4 Å². The molecule has 0 heterocycles. The minimum Gasteiger partial charge on any atom is -0.122 e. The average molecular weight is 225 g/mol. The molecule has 0 N–H and O–H groups in total. The van der Waals surface area contributed by atoms with Crippen LogP contribution in [0.4, 0.5) is 0 Å². The van der Waals surface area contributed by atoms with Gasteiger partial charge in [-0.2, -0.15) is 0 Å². The summed E-state index contributed by atoms with van der Waals surface area (Å²) in [5.41, 5.74) is 2.67.